The van der Waals surface area contributed by atoms with Crippen molar-refractivity contribution < 1.29 is 9.21 Å². The molecule has 1 heterocycles. The van der Waals surface area contributed by atoms with Crippen LogP contribution in [0.2, 0.25) is 0 Å². The monoisotopic (exact) mass is 274 g/mol. The van der Waals surface area contributed by atoms with Gasteiger partial charge in [-0.3, -0.25) is 4.79 Å². The Morgan fingerprint density at radius 3 is 2.44 bits per heavy atom. The fourth-order valence-electron chi connectivity index (χ4n) is 1.90. The maximum Gasteiger partial charge on any atom is 0.287 e. The third kappa shape index (κ3) is 4.70. The maximum atomic E-state index is 12.0. The largest absolute Gasteiger partial charge is 0.456 e. The Hall–Kier alpha value is -1.00. The first-order valence-electron chi connectivity index (χ1n) is 6.02. The number of nitrogens with one attached hydrogen (secondary N) is 1. The van der Waals surface area contributed by atoms with Crippen LogP contribution in [0.15, 0.2) is 10.5 Å². The van der Waals surface area contributed by atoms with Crippen LogP contribution in [0.3, 0.4) is 0 Å². The van der Waals surface area contributed by atoms with E-state index in [-0.39, 0.29) is 24.4 Å². The second-order valence-electron chi connectivity index (χ2n) is 4.90. The van der Waals surface area contributed by atoms with Crippen molar-refractivity contribution in [3.8, 4) is 0 Å². The van der Waals surface area contributed by atoms with Gasteiger partial charge in [0.2, 0.25) is 0 Å². The number of halogens is 1. The number of amides is 1. The number of furan rings is 1. The number of aryl methyl sites for hydroxylation is 2. The summed E-state index contributed by atoms with van der Waals surface area (Å²) in [7, 11) is 0. The van der Waals surface area contributed by atoms with Crippen molar-refractivity contribution in [2.45, 2.75) is 40.2 Å². The lowest BCUT2D eigenvalue weighted by Crippen LogP contribution is -2.41. The summed E-state index contributed by atoms with van der Waals surface area (Å²) in [4.78, 5) is 12.0. The number of carbonyl (C=O) groups is 1. The minimum absolute atomic E-state index is 0. The summed E-state index contributed by atoms with van der Waals surface area (Å²) >= 11 is 0. The fourth-order valence-corrected chi connectivity index (χ4v) is 1.90. The molecule has 0 aliphatic rings. The first-order chi connectivity index (χ1) is 7.93. The van der Waals surface area contributed by atoms with Gasteiger partial charge in [0, 0.05) is 18.2 Å². The van der Waals surface area contributed by atoms with E-state index in [1.54, 1.807) is 0 Å². The van der Waals surface area contributed by atoms with Gasteiger partial charge in [0.25, 0.3) is 5.91 Å². The Morgan fingerprint density at radius 1 is 1.44 bits per heavy atom. The molecular weight excluding hydrogens is 252 g/mol. The van der Waals surface area contributed by atoms with Crippen LogP contribution in [0.1, 0.15) is 42.1 Å². The molecule has 0 aliphatic heterocycles. The molecule has 0 fully saturated rings. The van der Waals surface area contributed by atoms with Crippen molar-refractivity contribution in [3.05, 3.63) is 23.2 Å². The van der Waals surface area contributed by atoms with Gasteiger partial charge in [-0.15, -0.1) is 12.4 Å². The predicted octanol–water partition coefficient (Wildman–Crippen LogP) is 2.42. The van der Waals surface area contributed by atoms with Crippen molar-refractivity contribution in [2.75, 3.05) is 6.54 Å². The van der Waals surface area contributed by atoms with Crippen LogP contribution in [-0.2, 0) is 0 Å². The van der Waals surface area contributed by atoms with E-state index >= 15 is 0 Å². The van der Waals surface area contributed by atoms with Gasteiger partial charge in [-0.25, -0.2) is 0 Å². The number of hydrogen-bond donors (Lipinski definition) is 2. The second kappa shape index (κ2) is 7.44. The second-order valence-corrected chi connectivity index (χ2v) is 4.90. The SMILES string of the molecule is Cc1cc(C)c(C(=O)NC(CN)CC(C)C)o1.Cl. The van der Waals surface area contributed by atoms with Crippen LogP contribution < -0.4 is 11.1 Å². The molecule has 0 radical (unpaired) electrons. The number of nitrogens with two attached hydrogens (primary N) is 1. The van der Waals surface area contributed by atoms with Gasteiger partial charge < -0.3 is 15.5 Å². The van der Waals surface area contributed by atoms with Crippen LogP contribution in [0.5, 0.6) is 0 Å². The van der Waals surface area contributed by atoms with Crippen LogP contribution in [-0.4, -0.2) is 18.5 Å². The molecule has 1 rings (SSSR count). The van der Waals surface area contributed by atoms with E-state index in [0.717, 1.165) is 17.7 Å². The zero-order valence-electron chi connectivity index (χ0n) is 11.4. The smallest absolute Gasteiger partial charge is 0.287 e. The molecule has 1 aromatic heterocycles. The highest BCUT2D eigenvalue weighted by Gasteiger charge is 2.18. The summed E-state index contributed by atoms with van der Waals surface area (Å²) < 4.78 is 5.37. The van der Waals surface area contributed by atoms with Gasteiger partial charge in [0.15, 0.2) is 5.76 Å². The number of hydrogen-bond acceptors (Lipinski definition) is 3. The first kappa shape index (κ1) is 17.0. The molecule has 1 unspecified atom stereocenters. The molecule has 4 nitrogen and oxygen atoms in total. The molecule has 1 atom stereocenters. The normalized spacial score (nSPS) is 12.1. The molecule has 104 valence electrons. The lowest BCUT2D eigenvalue weighted by molar-refractivity contribution is 0.0903. The minimum atomic E-state index is -0.174. The van der Waals surface area contributed by atoms with Crippen LogP contribution in [0, 0.1) is 19.8 Å². The highest BCUT2D eigenvalue weighted by Crippen LogP contribution is 2.14. The van der Waals surface area contributed by atoms with Crippen molar-refractivity contribution in [1.29, 1.82) is 0 Å². The summed E-state index contributed by atoms with van der Waals surface area (Å²) in [5.74, 6) is 1.47. The molecule has 18 heavy (non-hydrogen) atoms. The van der Waals surface area contributed by atoms with Gasteiger partial charge in [0.05, 0.1) is 0 Å². The Labute approximate surface area is 115 Å². The van der Waals surface area contributed by atoms with Crippen LogP contribution in [0.4, 0.5) is 0 Å². The van der Waals surface area contributed by atoms with Crippen LogP contribution in [0.25, 0.3) is 0 Å². The summed E-state index contributed by atoms with van der Waals surface area (Å²) in [6, 6.07) is 1.86. The van der Waals surface area contributed by atoms with Crippen molar-refractivity contribution in [2.24, 2.45) is 11.7 Å². The molecule has 0 aliphatic carbocycles. The van der Waals surface area contributed by atoms with E-state index in [9.17, 15) is 4.79 Å². The minimum Gasteiger partial charge on any atom is -0.456 e. The topological polar surface area (TPSA) is 68.3 Å². The van der Waals surface area contributed by atoms with E-state index in [1.807, 2.05) is 19.9 Å². The van der Waals surface area contributed by atoms with Gasteiger partial charge in [0.1, 0.15) is 5.76 Å². The van der Waals surface area contributed by atoms with E-state index in [1.165, 1.54) is 0 Å². The molecule has 0 bridgehead atoms. The van der Waals surface area contributed by atoms with E-state index in [4.69, 9.17) is 10.2 Å². The van der Waals surface area contributed by atoms with Crippen molar-refractivity contribution in [1.82, 2.24) is 5.32 Å². The molecule has 5 heteroatoms. The third-order valence-corrected chi connectivity index (χ3v) is 2.62. The highest BCUT2D eigenvalue weighted by molar-refractivity contribution is 5.93. The zero-order chi connectivity index (χ0) is 13.0. The molecule has 0 aromatic carbocycles. The number of rotatable bonds is 5. The Kier molecular flexibility index (Phi) is 7.02. The summed E-state index contributed by atoms with van der Waals surface area (Å²) in [6.45, 7) is 8.36. The van der Waals surface area contributed by atoms with Gasteiger partial charge in [-0.2, -0.15) is 0 Å². The summed E-state index contributed by atoms with van der Waals surface area (Å²) in [6.07, 6.45) is 0.876. The molecule has 1 aromatic rings. The molecule has 1 amide bonds. The van der Waals surface area contributed by atoms with Gasteiger partial charge in [-0.05, 0) is 32.3 Å². The van der Waals surface area contributed by atoms with E-state index in [0.29, 0.717) is 18.2 Å². The van der Waals surface area contributed by atoms with Crippen molar-refractivity contribution in [3.63, 3.8) is 0 Å². The summed E-state index contributed by atoms with van der Waals surface area (Å²) in [5.41, 5.74) is 6.51. The molecule has 0 saturated heterocycles. The highest BCUT2D eigenvalue weighted by atomic mass is 35.5. The maximum absolute atomic E-state index is 12.0. The van der Waals surface area contributed by atoms with Crippen LogP contribution >= 0.6 is 12.4 Å². The Morgan fingerprint density at radius 2 is 2.06 bits per heavy atom. The van der Waals surface area contributed by atoms with Crippen molar-refractivity contribution >= 4 is 18.3 Å². The Balaban J connectivity index is 0.00000289. The standard InChI is InChI=1S/C13H22N2O2.ClH/c1-8(2)5-11(7-14)15-13(16)12-9(3)6-10(4)17-12;/h6,8,11H,5,7,14H2,1-4H3,(H,15,16);1H. The zero-order valence-corrected chi connectivity index (χ0v) is 12.3. The quantitative estimate of drug-likeness (QED) is 0.866. The fraction of sp³-hybridized carbons (Fsp3) is 0.615. The Bertz CT molecular complexity index is 388. The van der Waals surface area contributed by atoms with Gasteiger partial charge >= 0.3 is 0 Å². The lowest BCUT2D eigenvalue weighted by Gasteiger charge is -2.18. The van der Waals surface area contributed by atoms with Gasteiger partial charge in [-0.1, -0.05) is 13.8 Å². The molecule has 0 saturated carbocycles. The third-order valence-electron chi connectivity index (χ3n) is 2.62. The predicted molar refractivity (Wildman–Crippen MR) is 75.2 cm³/mol. The first-order valence-corrected chi connectivity index (χ1v) is 6.02. The molecule has 3 N–H and O–H groups in total. The number of carbonyl (C=O) groups excluding carboxylic acids is 1. The molecular formula is C13H23ClN2O2. The average Bonchev–Trinajstić information content (AvgIpc) is 2.56. The molecule has 0 spiro atoms. The average molecular weight is 275 g/mol. The lowest BCUT2D eigenvalue weighted by atomic mass is 10.0. The van der Waals surface area contributed by atoms with E-state index in [2.05, 4.69) is 19.2 Å². The van der Waals surface area contributed by atoms with E-state index < -0.39 is 0 Å². The summed E-state index contributed by atoms with van der Waals surface area (Å²) in [5, 5.41) is 2.91.